The molecule has 0 spiro atoms. The van der Waals surface area contributed by atoms with E-state index in [2.05, 4.69) is 0 Å². The SMILES string of the molecule is O=Cc1ccc(Oc2cc(F)ccc2F)cc1C(F)(F)F. The molecule has 7 heteroatoms. The van der Waals surface area contributed by atoms with Crippen molar-refractivity contribution in [2.75, 3.05) is 0 Å². The molecule has 0 amide bonds. The van der Waals surface area contributed by atoms with Crippen LogP contribution < -0.4 is 4.74 Å². The van der Waals surface area contributed by atoms with Crippen molar-refractivity contribution in [3.8, 4) is 11.5 Å². The van der Waals surface area contributed by atoms with Gasteiger partial charge in [-0.05, 0) is 30.3 Å². The first-order chi connectivity index (χ1) is 9.81. The van der Waals surface area contributed by atoms with E-state index in [-0.39, 0.29) is 12.0 Å². The number of alkyl halides is 3. The van der Waals surface area contributed by atoms with E-state index in [1.807, 2.05) is 0 Å². The number of halogens is 5. The molecule has 2 aromatic carbocycles. The third-order valence-corrected chi connectivity index (χ3v) is 2.58. The highest BCUT2D eigenvalue weighted by molar-refractivity contribution is 5.78. The van der Waals surface area contributed by atoms with E-state index in [4.69, 9.17) is 4.74 Å². The summed E-state index contributed by atoms with van der Waals surface area (Å²) in [6, 6.07) is 4.84. The van der Waals surface area contributed by atoms with Crippen LogP contribution in [0.15, 0.2) is 36.4 Å². The molecule has 0 bridgehead atoms. The number of rotatable bonds is 3. The van der Waals surface area contributed by atoms with Gasteiger partial charge in [0.05, 0.1) is 5.56 Å². The minimum atomic E-state index is -4.77. The Morgan fingerprint density at radius 2 is 1.71 bits per heavy atom. The minimum absolute atomic E-state index is 0.0510. The van der Waals surface area contributed by atoms with E-state index in [0.29, 0.717) is 12.1 Å². The van der Waals surface area contributed by atoms with Crippen LogP contribution in [-0.2, 0) is 6.18 Å². The van der Waals surface area contributed by atoms with Crippen LogP contribution in [0.25, 0.3) is 0 Å². The Balaban J connectivity index is 2.42. The van der Waals surface area contributed by atoms with Gasteiger partial charge in [-0.25, -0.2) is 8.78 Å². The summed E-state index contributed by atoms with van der Waals surface area (Å²) >= 11 is 0. The minimum Gasteiger partial charge on any atom is -0.454 e. The Bertz CT molecular complexity index is 680. The lowest BCUT2D eigenvalue weighted by atomic mass is 10.1. The zero-order valence-electron chi connectivity index (χ0n) is 10.2. The summed E-state index contributed by atoms with van der Waals surface area (Å²) in [6.45, 7) is 0. The molecule has 0 atom stereocenters. The zero-order valence-corrected chi connectivity index (χ0v) is 10.2. The Hall–Kier alpha value is -2.44. The molecule has 2 rings (SSSR count). The number of hydrogen-bond donors (Lipinski definition) is 0. The standard InChI is InChI=1S/C14H7F5O2/c15-9-2-4-12(16)13(5-9)21-10-3-1-8(7-20)11(6-10)14(17,18)19/h1-7H. The van der Waals surface area contributed by atoms with Crippen LogP contribution in [0.1, 0.15) is 15.9 Å². The lowest BCUT2D eigenvalue weighted by Gasteiger charge is -2.12. The maximum Gasteiger partial charge on any atom is 0.417 e. The van der Waals surface area contributed by atoms with Crippen LogP contribution in [0, 0.1) is 11.6 Å². The Labute approximate surface area is 115 Å². The molecule has 21 heavy (non-hydrogen) atoms. The topological polar surface area (TPSA) is 26.3 Å². The van der Waals surface area contributed by atoms with Gasteiger partial charge in [-0.2, -0.15) is 13.2 Å². The summed E-state index contributed by atoms with van der Waals surface area (Å²) in [5, 5.41) is 0. The fourth-order valence-corrected chi connectivity index (χ4v) is 1.63. The molecule has 0 radical (unpaired) electrons. The van der Waals surface area contributed by atoms with Gasteiger partial charge in [0.1, 0.15) is 11.6 Å². The van der Waals surface area contributed by atoms with Gasteiger partial charge in [-0.1, -0.05) is 0 Å². The van der Waals surface area contributed by atoms with Gasteiger partial charge in [-0.3, -0.25) is 4.79 Å². The number of benzene rings is 2. The molecule has 0 aliphatic heterocycles. The molecule has 0 fully saturated rings. The average molecular weight is 302 g/mol. The van der Waals surface area contributed by atoms with Gasteiger partial charge in [-0.15, -0.1) is 0 Å². The van der Waals surface area contributed by atoms with Gasteiger partial charge in [0.25, 0.3) is 0 Å². The fourth-order valence-electron chi connectivity index (χ4n) is 1.63. The van der Waals surface area contributed by atoms with Crippen molar-refractivity contribution >= 4 is 6.29 Å². The van der Waals surface area contributed by atoms with Gasteiger partial charge in [0.15, 0.2) is 17.9 Å². The first kappa shape index (κ1) is 15.0. The van der Waals surface area contributed by atoms with Crippen molar-refractivity contribution < 1.29 is 31.5 Å². The molecule has 0 aliphatic rings. The van der Waals surface area contributed by atoms with Crippen LogP contribution in [0.3, 0.4) is 0 Å². The second-order valence-electron chi connectivity index (χ2n) is 4.04. The van der Waals surface area contributed by atoms with E-state index in [9.17, 15) is 26.7 Å². The van der Waals surface area contributed by atoms with Crippen molar-refractivity contribution in [2.45, 2.75) is 6.18 Å². The molecule has 0 saturated carbocycles. The van der Waals surface area contributed by atoms with Gasteiger partial charge >= 0.3 is 6.18 Å². The lowest BCUT2D eigenvalue weighted by molar-refractivity contribution is -0.137. The molecule has 0 saturated heterocycles. The van der Waals surface area contributed by atoms with Crippen LogP contribution in [0.2, 0.25) is 0 Å². The van der Waals surface area contributed by atoms with Gasteiger partial charge in [0, 0.05) is 11.6 Å². The predicted octanol–water partition coefficient (Wildman–Crippen LogP) is 4.59. The molecule has 0 heterocycles. The lowest BCUT2D eigenvalue weighted by Crippen LogP contribution is -2.09. The van der Waals surface area contributed by atoms with Crippen LogP contribution in [0.5, 0.6) is 11.5 Å². The van der Waals surface area contributed by atoms with Crippen LogP contribution in [0.4, 0.5) is 22.0 Å². The van der Waals surface area contributed by atoms with E-state index in [1.165, 1.54) is 0 Å². The fraction of sp³-hybridized carbons (Fsp3) is 0.0714. The average Bonchev–Trinajstić information content (AvgIpc) is 2.42. The van der Waals surface area contributed by atoms with E-state index in [1.54, 1.807) is 0 Å². The molecule has 2 nitrogen and oxygen atoms in total. The first-order valence-electron chi connectivity index (χ1n) is 5.60. The molecule has 0 aromatic heterocycles. The van der Waals surface area contributed by atoms with Crippen molar-refractivity contribution in [2.24, 2.45) is 0 Å². The van der Waals surface area contributed by atoms with Gasteiger partial charge < -0.3 is 4.74 Å². The molecule has 2 aromatic rings. The summed E-state index contributed by atoms with van der Waals surface area (Å²) in [6.07, 6.45) is -4.72. The van der Waals surface area contributed by atoms with Crippen molar-refractivity contribution in [3.05, 3.63) is 59.2 Å². The molecule has 0 unspecified atom stereocenters. The summed E-state index contributed by atoms with van der Waals surface area (Å²) < 4.78 is 69.5. The quantitative estimate of drug-likeness (QED) is 0.612. The number of carbonyl (C=O) groups excluding carboxylic acids is 1. The summed E-state index contributed by atoms with van der Waals surface area (Å²) in [5.74, 6) is -2.64. The third-order valence-electron chi connectivity index (χ3n) is 2.58. The maximum absolute atomic E-state index is 13.4. The summed E-state index contributed by atoms with van der Waals surface area (Å²) in [4.78, 5) is 10.6. The molecule has 110 valence electrons. The number of hydrogen-bond acceptors (Lipinski definition) is 2. The van der Waals surface area contributed by atoms with E-state index >= 15 is 0 Å². The molecular weight excluding hydrogens is 295 g/mol. The monoisotopic (exact) mass is 302 g/mol. The largest absolute Gasteiger partial charge is 0.454 e. The van der Waals surface area contributed by atoms with Crippen molar-refractivity contribution in [1.29, 1.82) is 0 Å². The van der Waals surface area contributed by atoms with E-state index in [0.717, 1.165) is 24.3 Å². The van der Waals surface area contributed by atoms with Gasteiger partial charge in [0.2, 0.25) is 0 Å². The van der Waals surface area contributed by atoms with Crippen LogP contribution in [-0.4, -0.2) is 6.29 Å². The maximum atomic E-state index is 13.4. The Morgan fingerprint density at radius 1 is 1.00 bits per heavy atom. The van der Waals surface area contributed by atoms with Crippen molar-refractivity contribution in [3.63, 3.8) is 0 Å². The summed E-state index contributed by atoms with van der Waals surface area (Å²) in [7, 11) is 0. The first-order valence-corrected chi connectivity index (χ1v) is 5.60. The van der Waals surface area contributed by atoms with Crippen molar-refractivity contribution in [1.82, 2.24) is 0 Å². The Kier molecular flexibility index (Phi) is 3.93. The molecular formula is C14H7F5O2. The Morgan fingerprint density at radius 3 is 2.33 bits per heavy atom. The zero-order chi connectivity index (χ0) is 15.6. The second kappa shape index (κ2) is 5.51. The van der Waals surface area contributed by atoms with E-state index < -0.39 is 34.7 Å². The normalized spacial score (nSPS) is 11.3. The highest BCUT2D eigenvalue weighted by Gasteiger charge is 2.33. The molecule has 0 aliphatic carbocycles. The number of ether oxygens (including phenoxy) is 1. The highest BCUT2D eigenvalue weighted by atomic mass is 19.4. The highest BCUT2D eigenvalue weighted by Crippen LogP contribution is 2.35. The number of aldehydes is 1. The molecule has 0 N–H and O–H groups in total. The van der Waals surface area contributed by atoms with Crippen LogP contribution >= 0.6 is 0 Å². The predicted molar refractivity (Wildman–Crippen MR) is 63.3 cm³/mol. The summed E-state index contributed by atoms with van der Waals surface area (Å²) in [5.41, 5.74) is -1.79. The second-order valence-corrected chi connectivity index (χ2v) is 4.04. The number of carbonyl (C=O) groups is 1. The third kappa shape index (κ3) is 3.36. The smallest absolute Gasteiger partial charge is 0.417 e.